The number of urea groups is 1. The zero-order chi connectivity index (χ0) is 15.6. The van der Waals surface area contributed by atoms with E-state index in [1.54, 1.807) is 4.90 Å². The molecule has 2 aliphatic carbocycles. The van der Waals surface area contributed by atoms with Crippen LogP contribution in [-0.2, 0) is 9.84 Å². The average molecular weight is 328 g/mol. The number of amides is 2. The van der Waals surface area contributed by atoms with Gasteiger partial charge in [0.2, 0.25) is 0 Å². The number of nitrogens with one attached hydrogen (secondary N) is 1. The number of carbonyl (C=O) groups excluding carboxylic acids is 1. The van der Waals surface area contributed by atoms with Crippen molar-refractivity contribution in [1.82, 2.24) is 10.2 Å². The molecular formula is C16H28N2O3S. The fourth-order valence-corrected chi connectivity index (χ4v) is 6.30. The van der Waals surface area contributed by atoms with Crippen molar-refractivity contribution in [3.63, 3.8) is 0 Å². The van der Waals surface area contributed by atoms with Crippen LogP contribution in [0, 0.1) is 0 Å². The van der Waals surface area contributed by atoms with E-state index in [1.807, 2.05) is 0 Å². The minimum Gasteiger partial charge on any atom is -0.335 e. The summed E-state index contributed by atoms with van der Waals surface area (Å²) in [5, 5.41) is 2.58. The molecule has 2 amide bonds. The van der Waals surface area contributed by atoms with Gasteiger partial charge in [0.05, 0.1) is 10.5 Å². The van der Waals surface area contributed by atoms with Crippen LogP contribution in [0.1, 0.15) is 64.2 Å². The Hall–Kier alpha value is -0.780. The van der Waals surface area contributed by atoms with E-state index in [1.165, 1.54) is 19.3 Å². The topological polar surface area (TPSA) is 66.5 Å². The summed E-state index contributed by atoms with van der Waals surface area (Å²) >= 11 is 0. The highest BCUT2D eigenvalue weighted by Gasteiger charge is 2.43. The molecule has 0 bridgehead atoms. The maximum atomic E-state index is 12.6. The van der Waals surface area contributed by atoms with Gasteiger partial charge >= 0.3 is 6.03 Å². The minimum atomic E-state index is -3.05. The van der Waals surface area contributed by atoms with Crippen molar-refractivity contribution in [2.45, 2.75) is 80.7 Å². The molecule has 5 nitrogen and oxygen atoms in total. The molecule has 126 valence electrons. The molecule has 3 fully saturated rings. The summed E-state index contributed by atoms with van der Waals surface area (Å²) in [6.07, 6.45) is 10.6. The molecule has 1 N–H and O–H groups in total. The largest absolute Gasteiger partial charge is 0.335 e. The number of nitrogens with zero attached hydrogens (tertiary/aromatic N) is 1. The van der Waals surface area contributed by atoms with E-state index in [-0.39, 0.29) is 22.6 Å². The molecule has 0 radical (unpaired) electrons. The number of hydrogen-bond acceptors (Lipinski definition) is 3. The molecule has 0 aromatic rings. The molecule has 6 heteroatoms. The van der Waals surface area contributed by atoms with Gasteiger partial charge in [-0.15, -0.1) is 0 Å². The van der Waals surface area contributed by atoms with Crippen LogP contribution < -0.4 is 5.32 Å². The van der Waals surface area contributed by atoms with Crippen LogP contribution in [0.4, 0.5) is 4.79 Å². The van der Waals surface area contributed by atoms with Gasteiger partial charge < -0.3 is 10.2 Å². The maximum Gasteiger partial charge on any atom is 0.317 e. The second kappa shape index (κ2) is 6.77. The van der Waals surface area contributed by atoms with E-state index in [0.29, 0.717) is 13.1 Å². The average Bonchev–Trinajstić information content (AvgIpc) is 2.47. The molecule has 0 spiro atoms. The van der Waals surface area contributed by atoms with Gasteiger partial charge in [0.25, 0.3) is 0 Å². The standard InChI is InChI=1S/C16H28N2O3S/c19-16(17-13-7-3-1-4-8-13)18-11-15(12-18)22(20,21)14-9-5-2-6-10-14/h13-15H,1-12H2,(H,17,19). The van der Waals surface area contributed by atoms with Gasteiger partial charge in [-0.05, 0) is 25.7 Å². The second-order valence-corrected chi connectivity index (χ2v) is 9.67. The lowest BCUT2D eigenvalue weighted by atomic mass is 9.96. The molecule has 22 heavy (non-hydrogen) atoms. The first-order valence-electron chi connectivity index (χ1n) is 8.85. The van der Waals surface area contributed by atoms with E-state index in [4.69, 9.17) is 0 Å². The lowest BCUT2D eigenvalue weighted by molar-refractivity contribution is 0.162. The first-order chi connectivity index (χ1) is 10.6. The van der Waals surface area contributed by atoms with Crippen LogP contribution in [0.3, 0.4) is 0 Å². The quantitative estimate of drug-likeness (QED) is 0.865. The third-order valence-electron chi connectivity index (χ3n) is 5.55. The Morgan fingerprint density at radius 1 is 0.818 bits per heavy atom. The van der Waals surface area contributed by atoms with Crippen LogP contribution in [0.15, 0.2) is 0 Å². The molecule has 1 heterocycles. The van der Waals surface area contributed by atoms with Crippen molar-refractivity contribution >= 4 is 15.9 Å². The highest BCUT2D eigenvalue weighted by Crippen LogP contribution is 2.30. The smallest absolute Gasteiger partial charge is 0.317 e. The lowest BCUT2D eigenvalue weighted by Gasteiger charge is -2.41. The Labute approximate surface area is 133 Å². The fourth-order valence-electron chi connectivity index (χ4n) is 3.99. The number of likely N-dealkylation sites (tertiary alicyclic amines) is 1. The van der Waals surface area contributed by atoms with Crippen LogP contribution >= 0.6 is 0 Å². The van der Waals surface area contributed by atoms with Crippen molar-refractivity contribution in [1.29, 1.82) is 0 Å². The molecule has 3 rings (SSSR count). The first kappa shape index (κ1) is 16.1. The number of sulfone groups is 1. The van der Waals surface area contributed by atoms with Crippen molar-refractivity contribution in [3.05, 3.63) is 0 Å². The monoisotopic (exact) mass is 328 g/mol. The molecule has 2 saturated carbocycles. The molecular weight excluding hydrogens is 300 g/mol. The van der Waals surface area contributed by atoms with Crippen molar-refractivity contribution < 1.29 is 13.2 Å². The Bertz CT molecular complexity index is 488. The number of carbonyl (C=O) groups is 1. The summed E-state index contributed by atoms with van der Waals surface area (Å²) in [4.78, 5) is 13.8. The Balaban J connectivity index is 1.47. The van der Waals surface area contributed by atoms with E-state index in [9.17, 15) is 13.2 Å². The molecule has 0 aromatic heterocycles. The summed E-state index contributed by atoms with van der Waals surface area (Å²) < 4.78 is 25.1. The number of hydrogen-bond donors (Lipinski definition) is 1. The van der Waals surface area contributed by atoms with Crippen LogP contribution in [0.25, 0.3) is 0 Å². The van der Waals surface area contributed by atoms with Crippen molar-refractivity contribution in [3.8, 4) is 0 Å². The van der Waals surface area contributed by atoms with Crippen LogP contribution in [0.5, 0.6) is 0 Å². The summed E-state index contributed by atoms with van der Waals surface area (Å²) in [7, 11) is -3.05. The summed E-state index contributed by atoms with van der Waals surface area (Å²) in [6.45, 7) is 0.773. The van der Waals surface area contributed by atoms with Crippen LogP contribution in [-0.4, -0.2) is 49.0 Å². The predicted octanol–water partition coefficient (Wildman–Crippen LogP) is 2.46. The zero-order valence-electron chi connectivity index (χ0n) is 13.3. The lowest BCUT2D eigenvalue weighted by Crippen LogP contribution is -2.61. The predicted molar refractivity (Wildman–Crippen MR) is 86.6 cm³/mol. The third kappa shape index (κ3) is 3.42. The Kier molecular flexibility index (Phi) is 4.95. The van der Waals surface area contributed by atoms with Crippen LogP contribution in [0.2, 0.25) is 0 Å². The molecule has 3 aliphatic rings. The van der Waals surface area contributed by atoms with Gasteiger partial charge in [-0.2, -0.15) is 0 Å². The highest BCUT2D eigenvalue weighted by atomic mass is 32.2. The van der Waals surface area contributed by atoms with E-state index in [2.05, 4.69) is 5.32 Å². The van der Waals surface area contributed by atoms with Gasteiger partial charge in [-0.3, -0.25) is 0 Å². The molecule has 0 atom stereocenters. The SMILES string of the molecule is O=C(NC1CCCCC1)N1CC(S(=O)(=O)C2CCCCC2)C1. The summed E-state index contributed by atoms with van der Waals surface area (Å²) in [5.74, 6) is 0. The Morgan fingerprint density at radius 2 is 1.36 bits per heavy atom. The Morgan fingerprint density at radius 3 is 1.95 bits per heavy atom. The normalized spacial score (nSPS) is 25.7. The highest BCUT2D eigenvalue weighted by molar-refractivity contribution is 7.92. The van der Waals surface area contributed by atoms with E-state index >= 15 is 0 Å². The first-order valence-corrected chi connectivity index (χ1v) is 10.5. The van der Waals surface area contributed by atoms with Gasteiger partial charge in [0.15, 0.2) is 9.84 Å². The van der Waals surface area contributed by atoms with Gasteiger partial charge in [0.1, 0.15) is 0 Å². The molecule has 0 unspecified atom stereocenters. The number of rotatable bonds is 3. The van der Waals surface area contributed by atoms with Gasteiger partial charge in [-0.25, -0.2) is 13.2 Å². The molecule has 1 saturated heterocycles. The van der Waals surface area contributed by atoms with Crippen molar-refractivity contribution in [2.24, 2.45) is 0 Å². The van der Waals surface area contributed by atoms with E-state index in [0.717, 1.165) is 44.9 Å². The summed E-state index contributed by atoms with van der Waals surface area (Å²) in [6, 6.07) is 0.220. The third-order valence-corrected chi connectivity index (χ3v) is 8.18. The minimum absolute atomic E-state index is 0.0676. The molecule has 0 aromatic carbocycles. The maximum absolute atomic E-state index is 12.6. The zero-order valence-corrected chi connectivity index (χ0v) is 14.1. The van der Waals surface area contributed by atoms with Gasteiger partial charge in [0, 0.05) is 19.1 Å². The van der Waals surface area contributed by atoms with Gasteiger partial charge in [-0.1, -0.05) is 38.5 Å². The second-order valence-electron chi connectivity index (χ2n) is 7.16. The summed E-state index contributed by atoms with van der Waals surface area (Å²) in [5.41, 5.74) is 0. The van der Waals surface area contributed by atoms with E-state index < -0.39 is 9.84 Å². The van der Waals surface area contributed by atoms with Crippen molar-refractivity contribution in [2.75, 3.05) is 13.1 Å². The molecule has 1 aliphatic heterocycles. The fraction of sp³-hybridized carbons (Fsp3) is 0.938.